The summed E-state index contributed by atoms with van der Waals surface area (Å²) < 4.78 is 11.2. The molecular formula is C21H23ClO4. The van der Waals surface area contributed by atoms with Crippen LogP contribution in [-0.4, -0.2) is 30.0 Å². The summed E-state index contributed by atoms with van der Waals surface area (Å²) in [6, 6.07) is 17.6. The Morgan fingerprint density at radius 3 is 1.73 bits per heavy atom. The van der Waals surface area contributed by atoms with E-state index in [4.69, 9.17) is 21.1 Å². The van der Waals surface area contributed by atoms with Crippen LogP contribution in [0.3, 0.4) is 0 Å². The van der Waals surface area contributed by atoms with Crippen molar-refractivity contribution >= 4 is 23.5 Å². The zero-order valence-electron chi connectivity index (χ0n) is 14.8. The third-order valence-electron chi connectivity index (χ3n) is 3.98. The molecule has 0 aliphatic carbocycles. The van der Waals surface area contributed by atoms with E-state index in [-0.39, 0.29) is 12.1 Å². The molecule has 0 radical (unpaired) electrons. The average Bonchev–Trinajstić information content (AvgIpc) is 2.68. The number of carbonyl (C=O) groups is 2. The first kappa shape index (κ1) is 20.0. The summed E-state index contributed by atoms with van der Waals surface area (Å²) in [6.07, 6.45) is 0.786. The van der Waals surface area contributed by atoms with E-state index in [1.165, 1.54) is 0 Å². The number of ether oxygens (including phenoxy) is 2. The van der Waals surface area contributed by atoms with Crippen LogP contribution in [0.1, 0.15) is 46.9 Å². The molecule has 0 amide bonds. The predicted molar refractivity (Wildman–Crippen MR) is 102 cm³/mol. The van der Waals surface area contributed by atoms with Crippen molar-refractivity contribution in [3.63, 3.8) is 0 Å². The lowest BCUT2D eigenvalue weighted by Gasteiger charge is -2.23. The van der Waals surface area contributed by atoms with E-state index >= 15 is 0 Å². The fraction of sp³-hybridized carbons (Fsp3) is 0.333. The van der Waals surface area contributed by atoms with Crippen molar-refractivity contribution in [1.29, 1.82) is 0 Å². The number of hydrogen-bond acceptors (Lipinski definition) is 4. The van der Waals surface area contributed by atoms with E-state index in [1.54, 1.807) is 48.5 Å². The molecule has 2 aromatic rings. The maximum atomic E-state index is 12.3. The van der Waals surface area contributed by atoms with Crippen molar-refractivity contribution < 1.29 is 19.1 Å². The molecule has 0 spiro atoms. The zero-order chi connectivity index (χ0) is 18.8. The van der Waals surface area contributed by atoms with Crippen molar-refractivity contribution in [3.8, 4) is 0 Å². The van der Waals surface area contributed by atoms with Gasteiger partial charge in [0, 0.05) is 12.3 Å². The highest BCUT2D eigenvalue weighted by Gasteiger charge is 2.22. The lowest BCUT2D eigenvalue weighted by molar-refractivity contribution is -0.00167. The maximum Gasteiger partial charge on any atom is 0.338 e. The fourth-order valence-electron chi connectivity index (χ4n) is 2.53. The van der Waals surface area contributed by atoms with Crippen molar-refractivity contribution in [2.24, 2.45) is 0 Å². The van der Waals surface area contributed by atoms with Gasteiger partial charge in [-0.15, -0.1) is 11.6 Å². The van der Waals surface area contributed by atoms with Crippen LogP contribution in [0.5, 0.6) is 0 Å². The van der Waals surface area contributed by atoms with Crippen LogP contribution in [0.15, 0.2) is 60.7 Å². The minimum atomic E-state index is -0.409. The number of carbonyl (C=O) groups excluding carboxylic acids is 2. The number of halogens is 1. The first-order valence-corrected chi connectivity index (χ1v) is 9.25. The molecule has 0 heterocycles. The maximum absolute atomic E-state index is 12.3. The number of benzene rings is 2. The molecule has 0 aliphatic rings. The van der Waals surface area contributed by atoms with Gasteiger partial charge < -0.3 is 9.47 Å². The first-order valence-electron chi connectivity index (χ1n) is 8.72. The lowest BCUT2D eigenvalue weighted by atomic mass is 10.1. The third kappa shape index (κ3) is 6.19. The van der Waals surface area contributed by atoms with Crippen LogP contribution >= 0.6 is 11.6 Å². The highest BCUT2D eigenvalue weighted by Crippen LogP contribution is 2.17. The van der Waals surface area contributed by atoms with Gasteiger partial charge in [0.1, 0.15) is 12.2 Å². The number of rotatable bonds is 9. The molecule has 2 unspecified atom stereocenters. The zero-order valence-corrected chi connectivity index (χ0v) is 15.5. The van der Waals surface area contributed by atoms with Crippen molar-refractivity contribution in [3.05, 3.63) is 71.8 Å². The smallest absolute Gasteiger partial charge is 0.338 e. The van der Waals surface area contributed by atoms with Gasteiger partial charge in [0.25, 0.3) is 0 Å². The third-order valence-corrected chi connectivity index (χ3v) is 4.20. The Bertz CT molecular complexity index is 688. The van der Waals surface area contributed by atoms with Crippen LogP contribution in [0.2, 0.25) is 0 Å². The van der Waals surface area contributed by atoms with Gasteiger partial charge in [0.05, 0.1) is 11.1 Å². The number of hydrogen-bond donors (Lipinski definition) is 0. The van der Waals surface area contributed by atoms with Crippen molar-refractivity contribution in [2.45, 2.75) is 38.4 Å². The Morgan fingerprint density at radius 1 is 0.846 bits per heavy atom. The molecule has 5 heteroatoms. The molecule has 138 valence electrons. The summed E-state index contributed by atoms with van der Waals surface area (Å²) in [4.78, 5) is 24.5. The molecule has 26 heavy (non-hydrogen) atoms. The Hall–Kier alpha value is -2.33. The van der Waals surface area contributed by atoms with E-state index in [1.807, 2.05) is 19.1 Å². The van der Waals surface area contributed by atoms with E-state index < -0.39 is 12.1 Å². The van der Waals surface area contributed by atoms with Gasteiger partial charge >= 0.3 is 11.9 Å². The van der Waals surface area contributed by atoms with Crippen LogP contribution in [-0.2, 0) is 9.47 Å². The van der Waals surface area contributed by atoms with E-state index in [0.717, 1.165) is 0 Å². The molecule has 0 aromatic heterocycles. The molecule has 0 saturated carbocycles. The van der Waals surface area contributed by atoms with Crippen molar-refractivity contribution in [1.82, 2.24) is 0 Å². The minimum Gasteiger partial charge on any atom is -0.459 e. The molecule has 2 rings (SSSR count). The Labute approximate surface area is 159 Å². The largest absolute Gasteiger partial charge is 0.459 e. The Morgan fingerprint density at radius 2 is 1.31 bits per heavy atom. The van der Waals surface area contributed by atoms with Crippen LogP contribution in [0.25, 0.3) is 0 Å². The standard InChI is InChI=1S/C21H23ClO4/c1-2-18(25-20(23)16-9-5-3-6-10-16)15-19(13-14-22)26-21(24)17-11-7-4-8-12-17/h3-12,18-19H,2,13-15H2,1H3. The predicted octanol–water partition coefficient (Wildman–Crippen LogP) is 4.87. The van der Waals surface area contributed by atoms with Crippen LogP contribution in [0, 0.1) is 0 Å². The summed E-state index contributed by atoms with van der Waals surface area (Å²) in [6.45, 7) is 1.93. The molecule has 0 aliphatic heterocycles. The number of alkyl halides is 1. The monoisotopic (exact) mass is 374 g/mol. The SMILES string of the molecule is CCC(CC(CCCl)OC(=O)c1ccccc1)OC(=O)c1ccccc1. The van der Waals surface area contributed by atoms with Crippen LogP contribution < -0.4 is 0 Å². The van der Waals surface area contributed by atoms with E-state index in [0.29, 0.717) is 36.3 Å². The van der Waals surface area contributed by atoms with Gasteiger partial charge in [-0.25, -0.2) is 9.59 Å². The van der Waals surface area contributed by atoms with Gasteiger partial charge in [-0.05, 0) is 37.1 Å². The highest BCUT2D eigenvalue weighted by atomic mass is 35.5. The Kier molecular flexibility index (Phi) is 8.16. The molecule has 2 aromatic carbocycles. The lowest BCUT2D eigenvalue weighted by Crippen LogP contribution is -2.27. The summed E-state index contributed by atoms with van der Waals surface area (Å²) >= 11 is 5.85. The summed E-state index contributed by atoms with van der Waals surface area (Å²) in [5.74, 6) is -0.420. The second-order valence-electron chi connectivity index (χ2n) is 5.91. The Balaban J connectivity index is 1.97. The van der Waals surface area contributed by atoms with Gasteiger partial charge in [0.2, 0.25) is 0 Å². The molecule has 0 saturated heterocycles. The molecule has 2 atom stereocenters. The molecule has 0 fully saturated rings. The second-order valence-corrected chi connectivity index (χ2v) is 6.29. The molecule has 0 bridgehead atoms. The quantitative estimate of drug-likeness (QED) is 0.464. The van der Waals surface area contributed by atoms with Crippen LogP contribution in [0.4, 0.5) is 0 Å². The molecule has 0 N–H and O–H groups in total. The van der Waals surface area contributed by atoms with E-state index in [9.17, 15) is 9.59 Å². The van der Waals surface area contributed by atoms with Gasteiger partial charge in [-0.2, -0.15) is 0 Å². The summed E-state index contributed by atoms with van der Waals surface area (Å²) in [5, 5.41) is 0. The minimum absolute atomic E-state index is 0.348. The molecule has 4 nitrogen and oxygen atoms in total. The molecular weight excluding hydrogens is 352 g/mol. The first-order chi connectivity index (χ1) is 12.6. The summed E-state index contributed by atoms with van der Waals surface area (Å²) in [5.41, 5.74) is 0.988. The van der Waals surface area contributed by atoms with Gasteiger partial charge in [-0.3, -0.25) is 0 Å². The number of esters is 2. The average molecular weight is 375 g/mol. The van der Waals surface area contributed by atoms with E-state index in [2.05, 4.69) is 0 Å². The topological polar surface area (TPSA) is 52.6 Å². The fourth-order valence-corrected chi connectivity index (χ4v) is 2.77. The summed E-state index contributed by atoms with van der Waals surface area (Å²) in [7, 11) is 0. The normalized spacial score (nSPS) is 12.8. The second kappa shape index (κ2) is 10.6. The van der Waals surface area contributed by atoms with Gasteiger partial charge in [-0.1, -0.05) is 43.3 Å². The van der Waals surface area contributed by atoms with Crippen molar-refractivity contribution in [2.75, 3.05) is 5.88 Å². The highest BCUT2D eigenvalue weighted by molar-refractivity contribution is 6.17. The van der Waals surface area contributed by atoms with Gasteiger partial charge in [0.15, 0.2) is 0 Å².